The molecule has 0 saturated carbocycles. The number of thioether (sulfide) groups is 2. The summed E-state index contributed by atoms with van der Waals surface area (Å²) in [6.07, 6.45) is 5.73. The van der Waals surface area contributed by atoms with Gasteiger partial charge in [0.2, 0.25) is 0 Å². The zero-order valence-corrected chi connectivity index (χ0v) is 11.1. The standard InChI is InChI=1S/C11H23NS2/c1-3-12(4-2)11-13-9-7-5-6-8-10-14-11/h11H,3-10H2,1-2H3. The van der Waals surface area contributed by atoms with Crippen molar-refractivity contribution in [3.63, 3.8) is 0 Å². The fourth-order valence-electron chi connectivity index (χ4n) is 1.71. The second-order valence-electron chi connectivity index (χ2n) is 3.68. The number of nitrogens with zero attached hydrogens (tertiary/aromatic N) is 1. The van der Waals surface area contributed by atoms with Crippen molar-refractivity contribution in [2.75, 3.05) is 24.6 Å². The first-order valence-electron chi connectivity index (χ1n) is 5.85. The molecule has 0 aromatic heterocycles. The lowest BCUT2D eigenvalue weighted by atomic mass is 10.2. The van der Waals surface area contributed by atoms with E-state index in [0.29, 0.717) is 0 Å². The van der Waals surface area contributed by atoms with Crippen molar-refractivity contribution in [3.8, 4) is 0 Å². The lowest BCUT2D eigenvalue weighted by Gasteiger charge is -2.28. The first-order valence-corrected chi connectivity index (χ1v) is 7.95. The molecule has 0 unspecified atom stereocenters. The summed E-state index contributed by atoms with van der Waals surface area (Å²) in [6.45, 7) is 6.94. The van der Waals surface area contributed by atoms with Gasteiger partial charge in [0.1, 0.15) is 4.71 Å². The van der Waals surface area contributed by atoms with E-state index in [4.69, 9.17) is 0 Å². The first-order chi connectivity index (χ1) is 6.88. The highest BCUT2D eigenvalue weighted by atomic mass is 32.2. The normalized spacial score (nSPS) is 21.6. The Morgan fingerprint density at radius 1 is 0.929 bits per heavy atom. The number of rotatable bonds is 3. The second kappa shape index (κ2) is 7.89. The molecule has 0 N–H and O–H groups in total. The highest BCUT2D eigenvalue weighted by molar-refractivity contribution is 8.16. The number of hydrogen-bond acceptors (Lipinski definition) is 3. The molecule has 0 radical (unpaired) electrons. The molecule has 3 heteroatoms. The highest BCUT2D eigenvalue weighted by Gasteiger charge is 2.16. The van der Waals surface area contributed by atoms with Gasteiger partial charge in [-0.05, 0) is 37.4 Å². The van der Waals surface area contributed by atoms with Crippen molar-refractivity contribution in [3.05, 3.63) is 0 Å². The Kier molecular flexibility index (Phi) is 7.17. The second-order valence-corrected chi connectivity index (χ2v) is 6.36. The van der Waals surface area contributed by atoms with Gasteiger partial charge in [-0.15, -0.1) is 23.5 Å². The smallest absolute Gasteiger partial charge is 0.103 e. The predicted octanol–water partition coefficient (Wildman–Crippen LogP) is 3.65. The third-order valence-electron chi connectivity index (χ3n) is 2.67. The van der Waals surface area contributed by atoms with Gasteiger partial charge in [-0.2, -0.15) is 0 Å². The van der Waals surface area contributed by atoms with Crippen molar-refractivity contribution in [2.24, 2.45) is 0 Å². The lowest BCUT2D eigenvalue weighted by Crippen LogP contribution is -2.30. The van der Waals surface area contributed by atoms with E-state index in [9.17, 15) is 0 Å². The van der Waals surface area contributed by atoms with E-state index in [0.717, 1.165) is 4.71 Å². The summed E-state index contributed by atoms with van der Waals surface area (Å²) in [4.78, 5) is 2.58. The lowest BCUT2D eigenvalue weighted by molar-refractivity contribution is 0.339. The van der Waals surface area contributed by atoms with E-state index in [-0.39, 0.29) is 0 Å². The minimum Gasteiger partial charge on any atom is -0.284 e. The molecule has 0 amide bonds. The summed E-state index contributed by atoms with van der Waals surface area (Å²) in [6, 6.07) is 0. The fourth-order valence-corrected chi connectivity index (χ4v) is 4.83. The van der Waals surface area contributed by atoms with Crippen molar-refractivity contribution in [1.29, 1.82) is 0 Å². The van der Waals surface area contributed by atoms with Crippen LogP contribution in [-0.2, 0) is 0 Å². The van der Waals surface area contributed by atoms with Crippen LogP contribution >= 0.6 is 23.5 Å². The third kappa shape index (κ3) is 4.45. The summed E-state index contributed by atoms with van der Waals surface area (Å²) in [5.74, 6) is 2.71. The molecule has 0 bridgehead atoms. The van der Waals surface area contributed by atoms with Crippen molar-refractivity contribution >= 4 is 23.5 Å². The first kappa shape index (κ1) is 12.7. The molecule has 1 rings (SSSR count). The average molecular weight is 233 g/mol. The van der Waals surface area contributed by atoms with Gasteiger partial charge < -0.3 is 0 Å². The summed E-state index contributed by atoms with van der Waals surface area (Å²) < 4.78 is 0.725. The van der Waals surface area contributed by atoms with Crippen LogP contribution in [0.15, 0.2) is 0 Å². The molecule has 1 nitrogen and oxygen atoms in total. The van der Waals surface area contributed by atoms with Crippen LogP contribution in [0.4, 0.5) is 0 Å². The van der Waals surface area contributed by atoms with Gasteiger partial charge >= 0.3 is 0 Å². The molecule has 0 aromatic carbocycles. The largest absolute Gasteiger partial charge is 0.284 e. The van der Waals surface area contributed by atoms with Gasteiger partial charge in [-0.3, -0.25) is 4.90 Å². The van der Waals surface area contributed by atoms with E-state index in [1.54, 1.807) is 0 Å². The summed E-state index contributed by atoms with van der Waals surface area (Å²) in [7, 11) is 0. The summed E-state index contributed by atoms with van der Waals surface area (Å²) >= 11 is 4.31. The Morgan fingerprint density at radius 3 is 1.86 bits per heavy atom. The van der Waals surface area contributed by atoms with E-state index in [1.807, 2.05) is 0 Å². The monoisotopic (exact) mass is 233 g/mol. The van der Waals surface area contributed by atoms with Gasteiger partial charge in [0.05, 0.1) is 0 Å². The molecule has 0 aromatic rings. The summed E-state index contributed by atoms with van der Waals surface area (Å²) in [5, 5.41) is 0. The quantitative estimate of drug-likeness (QED) is 0.732. The van der Waals surface area contributed by atoms with Gasteiger partial charge in [0.25, 0.3) is 0 Å². The third-order valence-corrected chi connectivity index (χ3v) is 5.70. The maximum atomic E-state index is 2.58. The molecular weight excluding hydrogens is 210 g/mol. The van der Waals surface area contributed by atoms with Crippen LogP contribution in [0.25, 0.3) is 0 Å². The minimum atomic E-state index is 0.725. The topological polar surface area (TPSA) is 3.24 Å². The maximum Gasteiger partial charge on any atom is 0.103 e. The van der Waals surface area contributed by atoms with Gasteiger partial charge in [0, 0.05) is 0 Å². The molecule has 1 saturated heterocycles. The van der Waals surface area contributed by atoms with E-state index in [2.05, 4.69) is 42.3 Å². The minimum absolute atomic E-state index is 0.725. The van der Waals surface area contributed by atoms with Crippen LogP contribution in [-0.4, -0.2) is 34.2 Å². The van der Waals surface area contributed by atoms with Gasteiger partial charge in [-0.1, -0.05) is 26.7 Å². The maximum absolute atomic E-state index is 2.58. The molecule has 1 aliphatic heterocycles. The highest BCUT2D eigenvalue weighted by Crippen LogP contribution is 2.30. The molecule has 0 spiro atoms. The SMILES string of the molecule is CCN(CC)C1SCCCCCCS1. The van der Waals surface area contributed by atoms with Crippen molar-refractivity contribution in [1.82, 2.24) is 4.90 Å². The zero-order chi connectivity index (χ0) is 10.2. The van der Waals surface area contributed by atoms with Crippen LogP contribution in [0, 0.1) is 0 Å². The molecule has 0 atom stereocenters. The van der Waals surface area contributed by atoms with Crippen molar-refractivity contribution in [2.45, 2.75) is 44.2 Å². The molecular formula is C11H23NS2. The van der Waals surface area contributed by atoms with Gasteiger partial charge in [0.15, 0.2) is 0 Å². The van der Waals surface area contributed by atoms with Crippen LogP contribution in [0.5, 0.6) is 0 Å². The fraction of sp³-hybridized carbons (Fsp3) is 1.00. The Balaban J connectivity index is 2.37. The van der Waals surface area contributed by atoms with E-state index >= 15 is 0 Å². The van der Waals surface area contributed by atoms with Crippen LogP contribution in [0.2, 0.25) is 0 Å². The predicted molar refractivity (Wildman–Crippen MR) is 70.1 cm³/mol. The van der Waals surface area contributed by atoms with Crippen LogP contribution in [0.3, 0.4) is 0 Å². The van der Waals surface area contributed by atoms with Crippen LogP contribution in [0.1, 0.15) is 39.5 Å². The molecule has 84 valence electrons. The Bertz CT molecular complexity index is 127. The zero-order valence-electron chi connectivity index (χ0n) is 9.50. The molecule has 0 aliphatic carbocycles. The van der Waals surface area contributed by atoms with E-state index in [1.165, 1.54) is 50.3 Å². The summed E-state index contributed by atoms with van der Waals surface area (Å²) in [5.41, 5.74) is 0. The van der Waals surface area contributed by atoms with Crippen molar-refractivity contribution < 1.29 is 0 Å². The van der Waals surface area contributed by atoms with E-state index < -0.39 is 0 Å². The Morgan fingerprint density at radius 2 is 1.43 bits per heavy atom. The molecule has 1 aliphatic rings. The van der Waals surface area contributed by atoms with Crippen LogP contribution < -0.4 is 0 Å². The Labute approximate surface area is 97.4 Å². The average Bonchev–Trinajstić information content (AvgIpc) is 2.34. The molecule has 1 fully saturated rings. The van der Waals surface area contributed by atoms with Gasteiger partial charge in [-0.25, -0.2) is 0 Å². The Hall–Kier alpha value is 0.660. The number of hydrogen-bond donors (Lipinski definition) is 0. The molecule has 14 heavy (non-hydrogen) atoms. The molecule has 1 heterocycles.